The van der Waals surface area contributed by atoms with Crippen LogP contribution in [0.15, 0.2) is 24.3 Å². The summed E-state index contributed by atoms with van der Waals surface area (Å²) in [5.74, 6) is 0. The van der Waals surface area contributed by atoms with Gasteiger partial charge in [0.15, 0.2) is 0 Å². The summed E-state index contributed by atoms with van der Waals surface area (Å²) in [7, 11) is 0. The van der Waals surface area contributed by atoms with E-state index in [1.807, 2.05) is 17.4 Å². The summed E-state index contributed by atoms with van der Waals surface area (Å²) in [6, 6.07) is 8.42. The van der Waals surface area contributed by atoms with Crippen molar-refractivity contribution in [3.8, 4) is 0 Å². The predicted molar refractivity (Wildman–Crippen MR) is 64.8 cm³/mol. The molecule has 2 N–H and O–H groups in total. The van der Waals surface area contributed by atoms with E-state index in [0.717, 1.165) is 5.69 Å². The third kappa shape index (κ3) is 1.90. The van der Waals surface area contributed by atoms with Crippen LogP contribution in [0.1, 0.15) is 24.6 Å². The summed E-state index contributed by atoms with van der Waals surface area (Å²) < 4.78 is 1.35. The molecule has 0 aliphatic heterocycles. The Bertz CT molecular complexity index is 431. The Morgan fingerprint density at radius 3 is 2.93 bits per heavy atom. The number of fused-ring (bicyclic) bond motifs is 1. The Labute approximate surface area is 88.6 Å². The molecule has 2 aromatic rings. The number of unbranched alkanes of at least 4 members (excludes halogenated alkanes) is 1. The zero-order valence-corrected chi connectivity index (χ0v) is 9.23. The molecule has 1 nitrogen and oxygen atoms in total. The van der Waals surface area contributed by atoms with E-state index in [2.05, 4.69) is 25.1 Å². The fourth-order valence-electron chi connectivity index (χ4n) is 1.59. The van der Waals surface area contributed by atoms with Gasteiger partial charge in [0.2, 0.25) is 0 Å². The summed E-state index contributed by atoms with van der Waals surface area (Å²) in [6.45, 7) is 2.23. The molecule has 0 bridgehead atoms. The molecular weight excluding hydrogens is 190 g/mol. The minimum absolute atomic E-state index is 0.859. The van der Waals surface area contributed by atoms with Gasteiger partial charge < -0.3 is 5.73 Å². The van der Waals surface area contributed by atoms with E-state index in [0.29, 0.717) is 0 Å². The third-order valence-electron chi connectivity index (χ3n) is 2.37. The van der Waals surface area contributed by atoms with E-state index < -0.39 is 0 Å². The van der Waals surface area contributed by atoms with E-state index in [4.69, 9.17) is 5.73 Å². The maximum atomic E-state index is 5.74. The number of nitrogens with two attached hydrogens (primary N) is 1. The Hall–Kier alpha value is -1.02. The first-order chi connectivity index (χ1) is 6.79. The van der Waals surface area contributed by atoms with E-state index >= 15 is 0 Å². The van der Waals surface area contributed by atoms with Crippen LogP contribution in [-0.4, -0.2) is 0 Å². The van der Waals surface area contributed by atoms with E-state index in [1.54, 1.807) is 0 Å². The molecule has 1 aromatic heterocycles. The van der Waals surface area contributed by atoms with Crippen molar-refractivity contribution >= 4 is 27.1 Å². The van der Waals surface area contributed by atoms with Crippen LogP contribution >= 0.6 is 11.3 Å². The van der Waals surface area contributed by atoms with Crippen molar-refractivity contribution in [1.82, 2.24) is 0 Å². The Balaban J connectivity index is 2.32. The molecule has 74 valence electrons. The van der Waals surface area contributed by atoms with Crippen molar-refractivity contribution in [3.63, 3.8) is 0 Å². The molecule has 0 radical (unpaired) electrons. The van der Waals surface area contributed by atoms with Gasteiger partial charge in [-0.2, -0.15) is 0 Å². The Kier molecular flexibility index (Phi) is 2.73. The van der Waals surface area contributed by atoms with Crippen LogP contribution in [-0.2, 0) is 6.42 Å². The lowest BCUT2D eigenvalue weighted by Crippen LogP contribution is -1.80. The first kappa shape index (κ1) is 9.53. The minimum Gasteiger partial charge on any atom is -0.399 e. The highest BCUT2D eigenvalue weighted by atomic mass is 32.1. The SMILES string of the molecule is CCCCc1cc2cc(N)ccc2s1. The summed E-state index contributed by atoms with van der Waals surface area (Å²) in [5, 5.41) is 1.29. The lowest BCUT2D eigenvalue weighted by atomic mass is 10.2. The van der Waals surface area contributed by atoms with Crippen LogP contribution in [0.25, 0.3) is 10.1 Å². The topological polar surface area (TPSA) is 26.0 Å². The van der Waals surface area contributed by atoms with Crippen LogP contribution in [0, 0.1) is 0 Å². The Morgan fingerprint density at radius 1 is 1.29 bits per heavy atom. The van der Waals surface area contributed by atoms with Gasteiger partial charge >= 0.3 is 0 Å². The maximum Gasteiger partial charge on any atom is 0.0347 e. The quantitative estimate of drug-likeness (QED) is 0.757. The first-order valence-corrected chi connectivity index (χ1v) is 5.89. The number of aryl methyl sites for hydroxylation is 1. The molecule has 0 amide bonds. The predicted octanol–water partition coefficient (Wildman–Crippen LogP) is 3.83. The second-order valence-electron chi connectivity index (χ2n) is 3.61. The van der Waals surface area contributed by atoms with Crippen molar-refractivity contribution in [2.24, 2.45) is 0 Å². The fraction of sp³-hybridized carbons (Fsp3) is 0.333. The van der Waals surface area contributed by atoms with Gasteiger partial charge in [0.25, 0.3) is 0 Å². The molecule has 0 aliphatic carbocycles. The van der Waals surface area contributed by atoms with Crippen LogP contribution < -0.4 is 5.73 Å². The molecule has 0 saturated carbocycles. The highest BCUT2D eigenvalue weighted by Gasteiger charge is 2.01. The lowest BCUT2D eigenvalue weighted by Gasteiger charge is -1.90. The molecule has 14 heavy (non-hydrogen) atoms. The standard InChI is InChI=1S/C12H15NS/c1-2-3-4-11-8-9-7-10(13)5-6-12(9)14-11/h5-8H,2-4,13H2,1H3. The summed E-state index contributed by atoms with van der Waals surface area (Å²) in [6.07, 6.45) is 3.74. The minimum atomic E-state index is 0.859. The van der Waals surface area contributed by atoms with E-state index in [-0.39, 0.29) is 0 Å². The average Bonchev–Trinajstić information content (AvgIpc) is 2.56. The zero-order valence-electron chi connectivity index (χ0n) is 8.42. The summed E-state index contributed by atoms with van der Waals surface area (Å²) in [4.78, 5) is 1.48. The van der Waals surface area contributed by atoms with Crippen LogP contribution in [0.5, 0.6) is 0 Å². The molecule has 0 spiro atoms. The van der Waals surface area contributed by atoms with E-state index in [9.17, 15) is 0 Å². The molecule has 0 atom stereocenters. The molecule has 0 saturated heterocycles. The second kappa shape index (κ2) is 4.01. The number of hydrogen-bond donors (Lipinski definition) is 1. The van der Waals surface area contributed by atoms with Crippen molar-refractivity contribution in [2.75, 3.05) is 5.73 Å². The molecule has 0 fully saturated rings. The number of hydrogen-bond acceptors (Lipinski definition) is 2. The number of anilines is 1. The molecule has 0 unspecified atom stereocenters. The first-order valence-electron chi connectivity index (χ1n) is 5.07. The molecular formula is C12H15NS. The van der Waals surface area contributed by atoms with Crippen LogP contribution in [0.2, 0.25) is 0 Å². The monoisotopic (exact) mass is 205 g/mol. The van der Waals surface area contributed by atoms with Gasteiger partial charge in [-0.1, -0.05) is 13.3 Å². The molecule has 2 heteroatoms. The average molecular weight is 205 g/mol. The Morgan fingerprint density at radius 2 is 2.14 bits per heavy atom. The van der Waals surface area contributed by atoms with Crippen LogP contribution in [0.4, 0.5) is 5.69 Å². The van der Waals surface area contributed by atoms with Gasteiger partial charge in [-0.05, 0) is 42.5 Å². The molecule has 1 heterocycles. The van der Waals surface area contributed by atoms with Gasteiger partial charge in [-0.25, -0.2) is 0 Å². The number of nitrogen functional groups attached to an aromatic ring is 1. The number of thiophene rings is 1. The van der Waals surface area contributed by atoms with Crippen molar-refractivity contribution in [2.45, 2.75) is 26.2 Å². The summed E-state index contributed by atoms with van der Waals surface area (Å²) >= 11 is 1.89. The fourth-order valence-corrected chi connectivity index (χ4v) is 2.68. The molecule has 1 aromatic carbocycles. The highest BCUT2D eigenvalue weighted by Crippen LogP contribution is 2.28. The molecule has 2 rings (SSSR count). The van der Waals surface area contributed by atoms with Gasteiger partial charge in [-0.15, -0.1) is 11.3 Å². The van der Waals surface area contributed by atoms with Gasteiger partial charge in [0.05, 0.1) is 0 Å². The second-order valence-corrected chi connectivity index (χ2v) is 4.78. The van der Waals surface area contributed by atoms with E-state index in [1.165, 1.54) is 34.2 Å². The highest BCUT2D eigenvalue weighted by molar-refractivity contribution is 7.19. The van der Waals surface area contributed by atoms with Gasteiger partial charge in [0, 0.05) is 15.3 Å². The maximum absolute atomic E-state index is 5.74. The van der Waals surface area contributed by atoms with Crippen molar-refractivity contribution < 1.29 is 0 Å². The number of rotatable bonds is 3. The van der Waals surface area contributed by atoms with Gasteiger partial charge in [0.1, 0.15) is 0 Å². The van der Waals surface area contributed by atoms with Crippen molar-refractivity contribution in [1.29, 1.82) is 0 Å². The normalized spacial score (nSPS) is 10.9. The smallest absolute Gasteiger partial charge is 0.0347 e. The summed E-state index contributed by atoms with van der Waals surface area (Å²) in [5.41, 5.74) is 6.60. The zero-order chi connectivity index (χ0) is 9.97. The van der Waals surface area contributed by atoms with Crippen LogP contribution in [0.3, 0.4) is 0 Å². The molecule has 0 aliphatic rings. The third-order valence-corrected chi connectivity index (χ3v) is 3.54. The van der Waals surface area contributed by atoms with Crippen molar-refractivity contribution in [3.05, 3.63) is 29.1 Å². The lowest BCUT2D eigenvalue weighted by molar-refractivity contribution is 0.804. The van der Waals surface area contributed by atoms with Gasteiger partial charge in [-0.3, -0.25) is 0 Å². The number of benzene rings is 1. The largest absolute Gasteiger partial charge is 0.399 e.